The maximum absolute atomic E-state index is 14.1. The molecule has 0 aliphatic heterocycles. The first-order valence-corrected chi connectivity index (χ1v) is 5.82. The predicted octanol–water partition coefficient (Wildman–Crippen LogP) is 4.32. The fourth-order valence-corrected chi connectivity index (χ4v) is 2.76. The van der Waals surface area contributed by atoms with Crippen LogP contribution < -0.4 is 0 Å². The highest BCUT2D eigenvalue weighted by molar-refractivity contribution is 5.34. The molecule has 2 rings (SSSR count). The van der Waals surface area contributed by atoms with Gasteiger partial charge in [0.05, 0.1) is 0 Å². The van der Waals surface area contributed by atoms with Crippen molar-refractivity contribution in [2.24, 2.45) is 0 Å². The predicted molar refractivity (Wildman–Crippen MR) is 47.1 cm³/mol. The van der Waals surface area contributed by atoms with E-state index >= 15 is 0 Å². The molecular formula is C10H4F14. The van der Waals surface area contributed by atoms with Crippen molar-refractivity contribution in [3.05, 3.63) is 0 Å². The molecule has 4 atom stereocenters. The van der Waals surface area contributed by atoms with Crippen molar-refractivity contribution in [2.45, 2.75) is 59.7 Å². The lowest BCUT2D eigenvalue weighted by atomic mass is 9.58. The molecule has 0 N–H and O–H groups in total. The van der Waals surface area contributed by atoms with Crippen LogP contribution in [0.25, 0.3) is 0 Å². The number of hydrogen-bond donors (Lipinski definition) is 0. The van der Waals surface area contributed by atoms with Gasteiger partial charge < -0.3 is 0 Å². The average Bonchev–Trinajstić information content (AvgIpc) is 2.47. The summed E-state index contributed by atoms with van der Waals surface area (Å²) in [7, 11) is 0. The molecule has 2 aliphatic rings. The monoisotopic (exact) mass is 390 g/mol. The highest BCUT2D eigenvalue weighted by Gasteiger charge is 2.97. The molecular weight excluding hydrogens is 386 g/mol. The Labute approximate surface area is 122 Å². The van der Waals surface area contributed by atoms with Gasteiger partial charge in [-0.05, 0) is 0 Å². The van der Waals surface area contributed by atoms with Gasteiger partial charge in [-0.25, -0.2) is 26.3 Å². The Hall–Kier alpha value is -0.980. The van der Waals surface area contributed by atoms with Gasteiger partial charge in [0.15, 0.2) is 0 Å². The van der Waals surface area contributed by atoms with Gasteiger partial charge in [0, 0.05) is 0 Å². The fraction of sp³-hybridized carbons (Fsp3) is 1.00. The summed E-state index contributed by atoms with van der Waals surface area (Å²) in [5.74, 6) is -26.5. The van der Waals surface area contributed by atoms with Gasteiger partial charge in [0.1, 0.15) is 0 Å². The van der Waals surface area contributed by atoms with E-state index in [9.17, 15) is 61.5 Å². The first kappa shape index (κ1) is 19.3. The largest absolute Gasteiger partial charge is 0.347 e. The third kappa shape index (κ3) is 1.54. The van der Waals surface area contributed by atoms with Gasteiger partial charge in [-0.15, -0.1) is 0 Å². The van der Waals surface area contributed by atoms with E-state index in [0.29, 0.717) is 0 Å². The molecule has 2 fully saturated rings. The summed E-state index contributed by atoms with van der Waals surface area (Å²) in [6, 6.07) is 0. The summed E-state index contributed by atoms with van der Waals surface area (Å²) in [6.45, 7) is 0. The van der Waals surface area contributed by atoms with Crippen LogP contribution in [0.15, 0.2) is 0 Å². The van der Waals surface area contributed by atoms with Crippen LogP contribution in [0, 0.1) is 0 Å². The number of halogens is 14. The zero-order chi connectivity index (χ0) is 19.3. The van der Waals surface area contributed by atoms with Crippen LogP contribution in [0.3, 0.4) is 0 Å². The van der Waals surface area contributed by atoms with Crippen LogP contribution in [0.5, 0.6) is 0 Å². The van der Waals surface area contributed by atoms with Crippen LogP contribution in [-0.4, -0.2) is 59.7 Å². The molecule has 0 saturated heterocycles. The van der Waals surface area contributed by atoms with E-state index in [1.165, 1.54) is 0 Å². The molecule has 14 heteroatoms. The van der Waals surface area contributed by atoms with Crippen molar-refractivity contribution < 1.29 is 61.5 Å². The quantitative estimate of drug-likeness (QED) is 0.541. The molecule has 0 aromatic heterocycles. The van der Waals surface area contributed by atoms with Gasteiger partial charge in [0.25, 0.3) is 0 Å². The maximum atomic E-state index is 14.1. The van der Waals surface area contributed by atoms with Gasteiger partial charge in [-0.1, -0.05) is 0 Å². The fourth-order valence-electron chi connectivity index (χ4n) is 2.76. The van der Waals surface area contributed by atoms with Gasteiger partial charge in [-0.3, -0.25) is 0 Å². The van der Waals surface area contributed by atoms with Crippen molar-refractivity contribution in [1.82, 2.24) is 0 Å². The van der Waals surface area contributed by atoms with Gasteiger partial charge in [0.2, 0.25) is 36.0 Å². The summed E-state index contributed by atoms with van der Waals surface area (Å²) in [5, 5.41) is 0. The summed E-state index contributed by atoms with van der Waals surface area (Å²) >= 11 is 0. The number of alkyl halides is 14. The Morgan fingerprint density at radius 3 is 0.583 bits per heavy atom. The molecule has 0 spiro atoms. The number of rotatable bonds is 0. The lowest BCUT2D eigenvalue weighted by molar-refractivity contribution is -0.424. The third-order valence-corrected chi connectivity index (χ3v) is 4.22. The molecule has 0 heterocycles. The summed E-state index contributed by atoms with van der Waals surface area (Å²) in [6.07, 6.45) is -22.4. The van der Waals surface area contributed by atoms with E-state index in [-0.39, 0.29) is 0 Å². The lowest BCUT2D eigenvalue weighted by Gasteiger charge is -2.58. The molecule has 0 nitrogen and oxygen atoms in total. The summed E-state index contributed by atoms with van der Waals surface area (Å²) < 4.78 is 186. The topological polar surface area (TPSA) is 0 Å². The zero-order valence-electron chi connectivity index (χ0n) is 10.6. The highest BCUT2D eigenvalue weighted by Crippen LogP contribution is 2.68. The first-order chi connectivity index (χ1) is 10.4. The standard InChI is InChI=1S/C10H4F14/c11-1-5(15)2(12)9(21,22)10(23,24)4(14)6(5,16)3(13)8(19,20)7(1,17)18/h1-4H. The van der Waals surface area contributed by atoms with Crippen molar-refractivity contribution in [3.8, 4) is 0 Å². The molecule has 0 aromatic rings. The molecule has 0 radical (unpaired) electrons. The van der Waals surface area contributed by atoms with Crippen molar-refractivity contribution in [1.29, 1.82) is 0 Å². The minimum atomic E-state index is -6.64. The van der Waals surface area contributed by atoms with Crippen molar-refractivity contribution in [3.63, 3.8) is 0 Å². The van der Waals surface area contributed by atoms with Crippen LogP contribution in [0.1, 0.15) is 0 Å². The molecule has 0 amide bonds. The normalized spacial score (nSPS) is 51.8. The first-order valence-electron chi connectivity index (χ1n) is 5.82. The minimum absolute atomic E-state index is 5.59. The van der Waals surface area contributed by atoms with E-state index < -0.39 is 59.7 Å². The highest BCUT2D eigenvalue weighted by atomic mass is 19.3. The zero-order valence-corrected chi connectivity index (χ0v) is 10.6. The Bertz CT molecular complexity index is 452. The van der Waals surface area contributed by atoms with Crippen LogP contribution in [0.2, 0.25) is 0 Å². The lowest BCUT2D eigenvalue weighted by Crippen LogP contribution is -2.88. The Balaban J connectivity index is 2.86. The number of hydrogen-bond acceptors (Lipinski definition) is 0. The number of fused-ring (bicyclic) bond motifs is 1. The van der Waals surface area contributed by atoms with Crippen LogP contribution in [-0.2, 0) is 0 Å². The molecule has 4 unspecified atom stereocenters. The van der Waals surface area contributed by atoms with Crippen molar-refractivity contribution in [2.75, 3.05) is 0 Å². The van der Waals surface area contributed by atoms with E-state index in [1.54, 1.807) is 0 Å². The van der Waals surface area contributed by atoms with Gasteiger partial charge >= 0.3 is 23.7 Å². The molecule has 2 saturated carbocycles. The summed E-state index contributed by atoms with van der Waals surface area (Å²) in [5.41, 5.74) is -12.7. The Morgan fingerprint density at radius 1 is 0.333 bits per heavy atom. The third-order valence-electron chi connectivity index (χ3n) is 4.22. The van der Waals surface area contributed by atoms with E-state index in [2.05, 4.69) is 0 Å². The molecule has 0 bridgehead atoms. The molecule has 0 aromatic carbocycles. The van der Waals surface area contributed by atoms with Crippen LogP contribution >= 0.6 is 0 Å². The maximum Gasteiger partial charge on any atom is 0.347 e. The average molecular weight is 390 g/mol. The molecule has 24 heavy (non-hydrogen) atoms. The molecule has 142 valence electrons. The van der Waals surface area contributed by atoms with Crippen molar-refractivity contribution >= 4 is 0 Å². The summed E-state index contributed by atoms with van der Waals surface area (Å²) in [4.78, 5) is 0. The van der Waals surface area contributed by atoms with E-state index in [1.807, 2.05) is 0 Å². The van der Waals surface area contributed by atoms with E-state index in [4.69, 9.17) is 0 Å². The smallest absolute Gasteiger partial charge is 0.237 e. The second-order valence-electron chi connectivity index (χ2n) is 5.48. The molecule has 2 aliphatic carbocycles. The Morgan fingerprint density at radius 2 is 0.458 bits per heavy atom. The second kappa shape index (κ2) is 4.40. The van der Waals surface area contributed by atoms with Gasteiger partial charge in [-0.2, -0.15) is 35.1 Å². The SMILES string of the molecule is FC1C(F)(F)C(F)(F)C(F)C2(F)C(F)C(F)(F)C(F)(F)C(F)C12F. The van der Waals surface area contributed by atoms with E-state index in [0.717, 1.165) is 0 Å². The second-order valence-corrected chi connectivity index (χ2v) is 5.48. The minimum Gasteiger partial charge on any atom is -0.237 e. The Kier molecular flexibility index (Phi) is 3.55. The van der Waals surface area contributed by atoms with Crippen LogP contribution in [0.4, 0.5) is 61.5 Å².